The molecule has 11 rings (SSSR count). The smallest absolute Gasteiger partial charge is 0.326 e. The van der Waals surface area contributed by atoms with E-state index >= 15 is 0 Å². The van der Waals surface area contributed by atoms with Gasteiger partial charge >= 0.3 is 11.9 Å². The molecule has 7 N–H and O–H groups in total. The van der Waals surface area contributed by atoms with Crippen molar-refractivity contribution in [2.45, 2.75) is 73.4 Å². The highest BCUT2D eigenvalue weighted by Gasteiger charge is 2.33. The van der Waals surface area contributed by atoms with Gasteiger partial charge in [-0.1, -0.05) is 102 Å². The van der Waals surface area contributed by atoms with Crippen LogP contribution in [0.3, 0.4) is 0 Å². The van der Waals surface area contributed by atoms with Crippen LogP contribution in [0.4, 0.5) is 17.3 Å². The van der Waals surface area contributed by atoms with Gasteiger partial charge in [0.05, 0.1) is 35.3 Å². The summed E-state index contributed by atoms with van der Waals surface area (Å²) in [7, 11) is 0. The van der Waals surface area contributed by atoms with Crippen LogP contribution >= 0.6 is 0 Å². The Bertz CT molecular complexity index is 4360. The van der Waals surface area contributed by atoms with E-state index in [-0.39, 0.29) is 52.5 Å². The lowest BCUT2D eigenvalue weighted by Gasteiger charge is -2.27. The molecule has 0 bridgehead atoms. The van der Waals surface area contributed by atoms with E-state index in [1.54, 1.807) is 12.2 Å². The molecule has 8 aromatic rings. The number of hydrogen-bond donors (Lipinski definition) is 6. The molecule has 0 radical (unpaired) electrons. The molecule has 19 nitrogen and oxygen atoms in total. The van der Waals surface area contributed by atoms with Crippen molar-refractivity contribution in [3.63, 3.8) is 0 Å². The Morgan fingerprint density at radius 3 is 1.92 bits per heavy atom. The molecule has 3 aromatic heterocycles. The van der Waals surface area contributed by atoms with Crippen molar-refractivity contribution < 1.29 is 38.9 Å². The normalized spacial score (nSPS) is 13.9. The standard InChI is InChI=1S/C36H36N2O4.C35H31N7O6/c1-5-37(6-2)27-18-14-25(15-19-27)32(26-16-20-28(21-17-26)38(7-3)8-4)33-30(39)22-31(40)34-35(41)29(23-42-36(33)34)24-12-10-9-11-13-24;1-17-3-6-23-20(11-17)13-21-12-18(2)4-7-24(21)29(23)25-14-19(32(45)40-27(34(47)48)9-10-28(43)44)5-8-26(25)37-15-22-16-38-30-31(39-22)41-35(36)42-33(30)46/h9-23,40H,5-8H2,1-4H3;3-8,11-12,14,16,27H,9-10,13,15H2,1-2H3,(H,40,45)(H,43,44)(H,47,48)(H3,36,39,41,42,46). The van der Waals surface area contributed by atoms with Crippen molar-refractivity contribution in [1.82, 2.24) is 25.3 Å². The number of nitrogens with zero attached hydrogens (tertiary/aromatic N) is 6. The number of carboxylic acids is 2. The molecule has 3 aliphatic carbocycles. The lowest BCUT2D eigenvalue weighted by Crippen LogP contribution is -2.41. The van der Waals surface area contributed by atoms with Gasteiger partial charge in [0.25, 0.3) is 11.5 Å². The van der Waals surface area contributed by atoms with E-state index in [9.17, 15) is 39.0 Å². The Morgan fingerprint density at radius 2 is 1.36 bits per heavy atom. The maximum Gasteiger partial charge on any atom is 0.326 e. The van der Waals surface area contributed by atoms with E-state index in [4.69, 9.17) is 20.2 Å². The minimum atomic E-state index is -1.39. The highest BCUT2D eigenvalue weighted by molar-refractivity contribution is 6.36. The van der Waals surface area contributed by atoms with Gasteiger partial charge in [0.2, 0.25) is 11.4 Å². The first-order valence-electron chi connectivity index (χ1n) is 29.7. The monoisotopic (exact) mass is 1210 g/mol. The second kappa shape index (κ2) is 26.9. The molecule has 1 amide bonds. The number of benzene rings is 5. The zero-order valence-electron chi connectivity index (χ0n) is 50.6. The molecule has 0 saturated heterocycles. The van der Waals surface area contributed by atoms with E-state index in [0.29, 0.717) is 33.7 Å². The topological polar surface area (TPSA) is 288 Å². The van der Waals surface area contributed by atoms with Crippen molar-refractivity contribution in [2.24, 2.45) is 4.99 Å². The van der Waals surface area contributed by atoms with Crippen LogP contribution in [0.15, 0.2) is 182 Å². The number of ketones is 1. The Labute approximate surface area is 518 Å². The number of carbonyl (C=O) groups excluding carboxylic acids is 2. The molecule has 3 aliphatic rings. The van der Waals surface area contributed by atoms with Crippen LogP contribution in [-0.4, -0.2) is 96.8 Å². The van der Waals surface area contributed by atoms with E-state index in [2.05, 4.69) is 74.9 Å². The summed E-state index contributed by atoms with van der Waals surface area (Å²) in [5, 5.41) is 32.1. The highest BCUT2D eigenvalue weighted by Crippen LogP contribution is 2.42. The maximum absolute atomic E-state index is 13.7. The van der Waals surface area contributed by atoms with Gasteiger partial charge in [0.1, 0.15) is 23.6 Å². The number of carbonyl (C=O) groups is 4. The number of aliphatic hydroxyl groups excluding tert-OH is 1. The summed E-state index contributed by atoms with van der Waals surface area (Å²) in [5.74, 6) is -4.00. The van der Waals surface area contributed by atoms with Gasteiger partial charge in [-0.15, -0.1) is 0 Å². The first-order chi connectivity index (χ1) is 43.4. The number of nitrogens with two attached hydrogens (primary N) is 1. The summed E-state index contributed by atoms with van der Waals surface area (Å²) >= 11 is 0. The zero-order chi connectivity index (χ0) is 63.9. The zero-order valence-corrected chi connectivity index (χ0v) is 50.6. The number of nitrogens with one attached hydrogen (secondary N) is 2. The number of aromatic amines is 1. The summed E-state index contributed by atoms with van der Waals surface area (Å²) in [6.45, 7) is 16.1. The number of allylic oxidation sites excluding steroid dienone is 5. The molecular formula is C71H67N9O10. The number of amides is 1. The van der Waals surface area contributed by atoms with Crippen LogP contribution in [0.2, 0.25) is 0 Å². The third-order valence-corrected chi connectivity index (χ3v) is 16.0. The van der Waals surface area contributed by atoms with Crippen LogP contribution in [0, 0.1) is 13.8 Å². The van der Waals surface area contributed by atoms with Gasteiger partial charge in [-0.3, -0.25) is 33.9 Å². The average Bonchev–Trinajstić information content (AvgIpc) is 0.762. The molecule has 0 spiro atoms. The predicted molar refractivity (Wildman–Crippen MR) is 350 cm³/mol. The van der Waals surface area contributed by atoms with Crippen LogP contribution in [-0.2, 0) is 32.1 Å². The number of aliphatic imine (C=N–C) groups is 1. The second-order valence-corrected chi connectivity index (χ2v) is 21.8. The van der Waals surface area contributed by atoms with E-state index in [1.165, 1.54) is 18.5 Å². The molecule has 0 saturated carbocycles. The van der Waals surface area contributed by atoms with Crippen molar-refractivity contribution in [2.75, 3.05) is 41.7 Å². The molecule has 0 aliphatic heterocycles. The van der Waals surface area contributed by atoms with Crippen LogP contribution < -0.4 is 31.8 Å². The highest BCUT2D eigenvalue weighted by atomic mass is 16.4. The SMILES string of the molecule is CCN(CC)c1ccc(C(=C2C(=O)C=C(O)c3c2occ(-c2ccccc2)c3=O)c2ccc(N(CC)CC)cc2)cc1.Cc1ccc2c(c1)Cc1cc(C)ccc1C2=C1C=C(C(=O)NC(CCC(=O)O)C(=O)O)C=CC1=NCc1cnc2c(=O)[nH]c(N)nc2n1. The number of rotatable bonds is 17. The largest absolute Gasteiger partial charge is 0.507 e. The Morgan fingerprint density at radius 1 is 0.756 bits per heavy atom. The minimum absolute atomic E-state index is 0.0111. The summed E-state index contributed by atoms with van der Waals surface area (Å²) in [6, 6.07) is 36.3. The molecule has 0 fully saturated rings. The molecule has 5 aromatic carbocycles. The Balaban J connectivity index is 0.000000200. The third kappa shape index (κ3) is 13.1. The van der Waals surface area contributed by atoms with Gasteiger partial charge in [-0.25, -0.2) is 14.8 Å². The number of aliphatic carboxylic acids is 2. The number of aromatic nitrogens is 4. The number of aliphatic hydroxyl groups is 1. The molecule has 90 heavy (non-hydrogen) atoms. The number of H-pyrrole nitrogens is 1. The number of aryl methyl sites for hydroxylation is 2. The van der Waals surface area contributed by atoms with Gasteiger partial charge in [0, 0.05) is 66.8 Å². The van der Waals surface area contributed by atoms with Gasteiger partial charge < -0.3 is 40.6 Å². The summed E-state index contributed by atoms with van der Waals surface area (Å²) in [4.78, 5) is 101. The second-order valence-electron chi connectivity index (χ2n) is 21.8. The van der Waals surface area contributed by atoms with Gasteiger partial charge in [-0.05, 0) is 141 Å². The number of anilines is 3. The molecule has 1 atom stereocenters. The van der Waals surface area contributed by atoms with Crippen LogP contribution in [0.25, 0.3) is 44.8 Å². The first-order valence-corrected chi connectivity index (χ1v) is 29.7. The molecule has 456 valence electrons. The molecule has 19 heteroatoms. The first kappa shape index (κ1) is 62.0. The third-order valence-electron chi connectivity index (χ3n) is 16.0. The van der Waals surface area contributed by atoms with Gasteiger partial charge in [-0.2, -0.15) is 4.98 Å². The Hall–Kier alpha value is -11.1. The van der Waals surface area contributed by atoms with Crippen molar-refractivity contribution in [1.29, 1.82) is 0 Å². The quantitative estimate of drug-likeness (QED) is 0.0462. The predicted octanol–water partition coefficient (Wildman–Crippen LogP) is 10.6. The number of fused-ring (bicyclic) bond motifs is 4. The molecular weight excluding hydrogens is 1140 g/mol. The van der Waals surface area contributed by atoms with Gasteiger partial charge in [0.15, 0.2) is 22.7 Å². The summed E-state index contributed by atoms with van der Waals surface area (Å²) in [6.07, 6.45) is 8.86. The maximum atomic E-state index is 13.7. The fourth-order valence-corrected chi connectivity index (χ4v) is 11.5. The molecule has 3 heterocycles. The van der Waals surface area contributed by atoms with E-state index < -0.39 is 52.8 Å². The number of hydrogen-bond acceptors (Lipinski definition) is 15. The van der Waals surface area contributed by atoms with Crippen LogP contribution in [0.5, 0.6) is 0 Å². The van der Waals surface area contributed by atoms with E-state index in [1.807, 2.05) is 117 Å². The number of nitrogen functional groups attached to an aromatic ring is 1. The Kier molecular flexibility index (Phi) is 18.5. The number of carboxylic acid groups (broad SMARTS) is 2. The van der Waals surface area contributed by atoms with Crippen molar-refractivity contribution >= 4 is 80.3 Å². The lowest BCUT2D eigenvalue weighted by molar-refractivity contribution is -0.142. The average molecular weight is 1210 g/mol. The molecule has 1 unspecified atom stereocenters. The van der Waals surface area contributed by atoms with E-state index in [0.717, 1.165) is 100 Å². The summed E-state index contributed by atoms with van der Waals surface area (Å²) < 4.78 is 6.09. The van der Waals surface area contributed by atoms with Crippen molar-refractivity contribution in [3.8, 4) is 11.1 Å². The lowest BCUT2D eigenvalue weighted by atomic mass is 9.77. The fourth-order valence-electron chi connectivity index (χ4n) is 11.5. The fraction of sp³-hybridized carbons (Fsp3) is 0.211. The summed E-state index contributed by atoms with van der Waals surface area (Å²) in [5.41, 5.74) is 19.5. The van der Waals surface area contributed by atoms with Crippen molar-refractivity contribution in [3.05, 3.63) is 245 Å². The minimum Gasteiger partial charge on any atom is -0.507 e. The van der Waals surface area contributed by atoms with Crippen LogP contribution in [0.1, 0.15) is 102 Å².